The molecule has 112 valence electrons. The molecule has 1 unspecified atom stereocenters. The Morgan fingerprint density at radius 2 is 1.48 bits per heavy atom. The molecule has 0 bridgehead atoms. The molecular weight excluding hydrogens is 258 g/mol. The maximum absolute atomic E-state index is 10.2. The summed E-state index contributed by atoms with van der Waals surface area (Å²) in [7, 11) is 0. The topological polar surface area (TPSA) is 32.3 Å². The third kappa shape index (κ3) is 4.69. The van der Waals surface area contributed by atoms with Gasteiger partial charge in [-0.05, 0) is 29.5 Å². The lowest BCUT2D eigenvalue weighted by Gasteiger charge is -2.14. The highest BCUT2D eigenvalue weighted by Gasteiger charge is 2.07. The molecule has 0 spiro atoms. The number of nitrogens with one attached hydrogen (secondary N) is 1. The molecule has 1 atom stereocenters. The highest BCUT2D eigenvalue weighted by Crippen LogP contribution is 2.18. The summed E-state index contributed by atoms with van der Waals surface area (Å²) in [5.74, 6) is 0.524. The third-order valence-electron chi connectivity index (χ3n) is 3.78. The minimum atomic E-state index is -0.461. The van der Waals surface area contributed by atoms with E-state index in [0.717, 1.165) is 12.1 Å². The van der Waals surface area contributed by atoms with Crippen LogP contribution in [0.2, 0.25) is 0 Å². The van der Waals surface area contributed by atoms with Gasteiger partial charge in [-0.1, -0.05) is 67.9 Å². The maximum Gasteiger partial charge on any atom is 0.0914 e. The van der Waals surface area contributed by atoms with Gasteiger partial charge in [-0.3, -0.25) is 0 Å². The Morgan fingerprint density at radius 1 is 0.905 bits per heavy atom. The number of aliphatic hydroxyl groups excluding tert-OH is 1. The van der Waals surface area contributed by atoms with E-state index in [1.54, 1.807) is 0 Å². The average molecular weight is 283 g/mol. The van der Waals surface area contributed by atoms with Gasteiger partial charge in [-0.25, -0.2) is 0 Å². The molecule has 2 N–H and O–H groups in total. The van der Waals surface area contributed by atoms with Crippen LogP contribution in [-0.4, -0.2) is 11.7 Å². The van der Waals surface area contributed by atoms with Crippen molar-refractivity contribution in [3.8, 4) is 0 Å². The van der Waals surface area contributed by atoms with Crippen LogP contribution >= 0.6 is 0 Å². The zero-order valence-corrected chi connectivity index (χ0v) is 13.1. The maximum atomic E-state index is 10.2. The number of aliphatic hydroxyl groups is 1. The second-order valence-corrected chi connectivity index (χ2v) is 5.95. The number of hydrogen-bond acceptors (Lipinski definition) is 2. The van der Waals surface area contributed by atoms with Crippen LogP contribution in [0.25, 0.3) is 0 Å². The van der Waals surface area contributed by atoms with Crippen molar-refractivity contribution in [3.63, 3.8) is 0 Å². The molecule has 2 aromatic carbocycles. The largest absolute Gasteiger partial charge is 0.387 e. The summed E-state index contributed by atoms with van der Waals surface area (Å²) in [4.78, 5) is 0. The van der Waals surface area contributed by atoms with Gasteiger partial charge < -0.3 is 10.4 Å². The molecule has 21 heavy (non-hydrogen) atoms. The van der Waals surface area contributed by atoms with Gasteiger partial charge in [0.05, 0.1) is 6.10 Å². The molecule has 2 rings (SSSR count). The minimum Gasteiger partial charge on any atom is -0.387 e. The van der Waals surface area contributed by atoms with E-state index in [0.29, 0.717) is 12.5 Å². The second-order valence-electron chi connectivity index (χ2n) is 5.95. The monoisotopic (exact) mass is 283 g/mol. The van der Waals surface area contributed by atoms with E-state index in [1.165, 1.54) is 16.7 Å². The molecule has 2 nitrogen and oxygen atoms in total. The van der Waals surface area contributed by atoms with Crippen LogP contribution in [0.5, 0.6) is 0 Å². The Labute approximate surface area is 127 Å². The Balaban J connectivity index is 1.83. The molecule has 0 aliphatic rings. The first-order valence-corrected chi connectivity index (χ1v) is 7.60. The molecule has 2 heteroatoms. The minimum absolute atomic E-state index is 0.461. The Morgan fingerprint density at radius 3 is 2.05 bits per heavy atom. The molecule has 0 heterocycles. The lowest BCUT2D eigenvalue weighted by Crippen LogP contribution is -2.21. The van der Waals surface area contributed by atoms with Gasteiger partial charge in [0.15, 0.2) is 0 Å². The van der Waals surface area contributed by atoms with Crippen molar-refractivity contribution in [2.24, 2.45) is 0 Å². The van der Waals surface area contributed by atoms with Crippen LogP contribution in [0.1, 0.15) is 48.1 Å². The van der Waals surface area contributed by atoms with Crippen LogP contribution < -0.4 is 5.32 Å². The Hall–Kier alpha value is -1.64. The van der Waals surface area contributed by atoms with Crippen molar-refractivity contribution in [2.75, 3.05) is 6.54 Å². The van der Waals surface area contributed by atoms with Crippen molar-refractivity contribution < 1.29 is 5.11 Å². The van der Waals surface area contributed by atoms with E-state index in [1.807, 2.05) is 12.1 Å². The molecule has 0 saturated carbocycles. The van der Waals surface area contributed by atoms with E-state index < -0.39 is 6.10 Å². The van der Waals surface area contributed by atoms with E-state index in [9.17, 15) is 5.11 Å². The van der Waals surface area contributed by atoms with Gasteiger partial charge in [-0.2, -0.15) is 0 Å². The van der Waals surface area contributed by atoms with E-state index in [4.69, 9.17) is 0 Å². The molecular formula is C19H25NO. The van der Waals surface area contributed by atoms with Crippen molar-refractivity contribution in [2.45, 2.75) is 39.3 Å². The fourth-order valence-electron chi connectivity index (χ4n) is 2.28. The standard InChI is InChI=1S/C19H25NO/c1-14(2)17-8-10-18(11-9-17)19(21)13-20-12-16-6-4-15(3)5-7-16/h4-11,14,19-21H,12-13H2,1-3H3. The average Bonchev–Trinajstić information content (AvgIpc) is 2.49. The smallest absolute Gasteiger partial charge is 0.0914 e. The highest BCUT2D eigenvalue weighted by atomic mass is 16.3. The lowest BCUT2D eigenvalue weighted by atomic mass is 10.00. The molecule has 0 aliphatic carbocycles. The lowest BCUT2D eigenvalue weighted by molar-refractivity contribution is 0.174. The van der Waals surface area contributed by atoms with Crippen molar-refractivity contribution in [1.82, 2.24) is 5.32 Å². The van der Waals surface area contributed by atoms with Crippen molar-refractivity contribution in [3.05, 3.63) is 70.8 Å². The summed E-state index contributed by atoms with van der Waals surface area (Å²) in [6.45, 7) is 7.78. The zero-order valence-electron chi connectivity index (χ0n) is 13.1. The molecule has 0 aliphatic heterocycles. The predicted octanol–water partition coefficient (Wildman–Crippen LogP) is 3.94. The zero-order chi connectivity index (χ0) is 15.2. The Kier molecular flexibility index (Phi) is 5.54. The number of aryl methyl sites for hydroxylation is 1. The predicted molar refractivity (Wildman–Crippen MR) is 88.4 cm³/mol. The van der Waals surface area contributed by atoms with Crippen LogP contribution in [0.4, 0.5) is 0 Å². The normalized spacial score (nSPS) is 12.6. The van der Waals surface area contributed by atoms with Gasteiger partial charge in [-0.15, -0.1) is 0 Å². The van der Waals surface area contributed by atoms with E-state index in [-0.39, 0.29) is 0 Å². The molecule has 0 saturated heterocycles. The quantitative estimate of drug-likeness (QED) is 0.841. The van der Waals surface area contributed by atoms with Crippen LogP contribution in [0.3, 0.4) is 0 Å². The highest BCUT2D eigenvalue weighted by molar-refractivity contribution is 5.26. The molecule has 0 radical (unpaired) electrons. The summed E-state index contributed by atoms with van der Waals surface area (Å²) < 4.78 is 0. The van der Waals surface area contributed by atoms with Gasteiger partial charge >= 0.3 is 0 Å². The number of hydrogen-bond donors (Lipinski definition) is 2. The summed E-state index contributed by atoms with van der Waals surface area (Å²) >= 11 is 0. The number of benzene rings is 2. The molecule has 2 aromatic rings. The van der Waals surface area contributed by atoms with Crippen molar-refractivity contribution in [1.29, 1.82) is 0 Å². The second kappa shape index (κ2) is 7.39. The number of rotatable bonds is 6. The van der Waals surface area contributed by atoms with Crippen LogP contribution in [-0.2, 0) is 6.54 Å². The molecule has 0 aromatic heterocycles. The third-order valence-corrected chi connectivity index (χ3v) is 3.78. The van der Waals surface area contributed by atoms with Crippen molar-refractivity contribution >= 4 is 0 Å². The van der Waals surface area contributed by atoms with Gasteiger partial charge in [0.25, 0.3) is 0 Å². The fraction of sp³-hybridized carbons (Fsp3) is 0.368. The molecule has 0 fully saturated rings. The van der Waals surface area contributed by atoms with Crippen LogP contribution in [0, 0.1) is 6.92 Å². The fourth-order valence-corrected chi connectivity index (χ4v) is 2.28. The summed E-state index contributed by atoms with van der Waals surface area (Å²) in [5.41, 5.74) is 4.78. The SMILES string of the molecule is Cc1ccc(CNCC(O)c2ccc(C(C)C)cc2)cc1. The Bertz CT molecular complexity index is 543. The molecule has 0 amide bonds. The van der Waals surface area contributed by atoms with Gasteiger partial charge in [0.1, 0.15) is 0 Å². The van der Waals surface area contributed by atoms with Crippen LogP contribution in [0.15, 0.2) is 48.5 Å². The first-order valence-electron chi connectivity index (χ1n) is 7.60. The summed E-state index contributed by atoms with van der Waals surface area (Å²) in [6, 6.07) is 16.7. The van der Waals surface area contributed by atoms with E-state index >= 15 is 0 Å². The van der Waals surface area contributed by atoms with Gasteiger partial charge in [0.2, 0.25) is 0 Å². The first kappa shape index (κ1) is 15.7. The van der Waals surface area contributed by atoms with E-state index in [2.05, 4.69) is 62.5 Å². The summed E-state index contributed by atoms with van der Waals surface area (Å²) in [5, 5.41) is 13.5. The van der Waals surface area contributed by atoms with Gasteiger partial charge in [0, 0.05) is 13.1 Å². The summed E-state index contributed by atoms with van der Waals surface area (Å²) in [6.07, 6.45) is -0.461. The first-order chi connectivity index (χ1) is 10.1.